The predicted octanol–water partition coefficient (Wildman–Crippen LogP) is 2.12. The SMILES string of the molecule is CCCCCCCCCCCC(=O)C(CO)N(CCO)CCO. The van der Waals surface area contributed by atoms with E-state index in [-0.39, 0.29) is 25.6 Å². The van der Waals surface area contributed by atoms with Gasteiger partial charge in [0.1, 0.15) is 0 Å². The van der Waals surface area contributed by atoms with E-state index in [0.29, 0.717) is 19.5 Å². The number of carbonyl (C=O) groups excluding carboxylic acids is 1. The molecular formula is C18H37NO4. The highest BCUT2D eigenvalue weighted by molar-refractivity contribution is 5.84. The summed E-state index contributed by atoms with van der Waals surface area (Å²) in [6, 6.07) is -0.594. The zero-order chi connectivity index (χ0) is 17.3. The first kappa shape index (κ1) is 22.5. The monoisotopic (exact) mass is 331 g/mol. The average Bonchev–Trinajstić information content (AvgIpc) is 2.54. The topological polar surface area (TPSA) is 81.0 Å². The number of unbranched alkanes of at least 4 members (excludes halogenated alkanes) is 8. The van der Waals surface area contributed by atoms with Crippen LogP contribution in [0.3, 0.4) is 0 Å². The van der Waals surface area contributed by atoms with Gasteiger partial charge in [0.05, 0.1) is 25.9 Å². The van der Waals surface area contributed by atoms with Crippen LogP contribution in [0.5, 0.6) is 0 Å². The molecule has 1 atom stereocenters. The summed E-state index contributed by atoms with van der Waals surface area (Å²) in [5.41, 5.74) is 0. The summed E-state index contributed by atoms with van der Waals surface area (Å²) in [4.78, 5) is 13.9. The quantitative estimate of drug-likeness (QED) is 0.356. The molecule has 3 N–H and O–H groups in total. The second-order valence-electron chi connectivity index (χ2n) is 6.23. The maximum atomic E-state index is 12.2. The molecule has 0 aromatic rings. The lowest BCUT2D eigenvalue weighted by Crippen LogP contribution is -2.46. The number of rotatable bonds is 17. The molecule has 1 unspecified atom stereocenters. The van der Waals surface area contributed by atoms with Crippen LogP contribution in [0.2, 0.25) is 0 Å². The number of aliphatic hydroxyl groups is 3. The fourth-order valence-corrected chi connectivity index (χ4v) is 2.88. The van der Waals surface area contributed by atoms with Crippen LogP contribution in [0.1, 0.15) is 71.1 Å². The Morgan fingerprint density at radius 2 is 1.30 bits per heavy atom. The molecule has 0 aromatic carbocycles. The normalized spacial score (nSPS) is 12.7. The van der Waals surface area contributed by atoms with Crippen LogP contribution in [0.25, 0.3) is 0 Å². The van der Waals surface area contributed by atoms with E-state index < -0.39 is 6.04 Å². The highest BCUT2D eigenvalue weighted by atomic mass is 16.3. The molecule has 0 aromatic heterocycles. The maximum Gasteiger partial charge on any atom is 0.152 e. The van der Waals surface area contributed by atoms with Gasteiger partial charge in [-0.25, -0.2) is 0 Å². The van der Waals surface area contributed by atoms with Crippen molar-refractivity contribution in [3.63, 3.8) is 0 Å². The number of hydrogen-bond acceptors (Lipinski definition) is 5. The first-order chi connectivity index (χ1) is 11.2. The van der Waals surface area contributed by atoms with Crippen LogP contribution in [0, 0.1) is 0 Å². The van der Waals surface area contributed by atoms with Crippen molar-refractivity contribution in [2.24, 2.45) is 0 Å². The molecule has 0 fully saturated rings. The van der Waals surface area contributed by atoms with Gasteiger partial charge in [-0.05, 0) is 6.42 Å². The minimum Gasteiger partial charge on any atom is -0.395 e. The van der Waals surface area contributed by atoms with Gasteiger partial charge in [-0.2, -0.15) is 0 Å². The predicted molar refractivity (Wildman–Crippen MR) is 93.5 cm³/mol. The fourth-order valence-electron chi connectivity index (χ4n) is 2.88. The van der Waals surface area contributed by atoms with Crippen molar-refractivity contribution >= 4 is 5.78 Å². The summed E-state index contributed by atoms with van der Waals surface area (Å²) in [5, 5.41) is 27.5. The number of Topliss-reactive ketones (excluding diaryl/α,β-unsaturated/α-hetero) is 1. The lowest BCUT2D eigenvalue weighted by Gasteiger charge is -2.28. The van der Waals surface area contributed by atoms with E-state index in [1.165, 1.54) is 44.9 Å². The van der Waals surface area contributed by atoms with Gasteiger partial charge < -0.3 is 15.3 Å². The molecule has 138 valence electrons. The Morgan fingerprint density at radius 3 is 1.74 bits per heavy atom. The molecule has 0 radical (unpaired) electrons. The van der Waals surface area contributed by atoms with Crippen LogP contribution in [-0.4, -0.2) is 65.0 Å². The largest absolute Gasteiger partial charge is 0.395 e. The number of carbonyl (C=O) groups is 1. The van der Waals surface area contributed by atoms with Crippen LogP contribution < -0.4 is 0 Å². The van der Waals surface area contributed by atoms with E-state index >= 15 is 0 Å². The third-order valence-electron chi connectivity index (χ3n) is 4.29. The van der Waals surface area contributed by atoms with Crippen molar-refractivity contribution in [3.05, 3.63) is 0 Å². The molecule has 0 aliphatic rings. The molecule has 23 heavy (non-hydrogen) atoms. The fraction of sp³-hybridized carbons (Fsp3) is 0.944. The van der Waals surface area contributed by atoms with Crippen molar-refractivity contribution in [3.8, 4) is 0 Å². The minimum absolute atomic E-state index is 0.0114. The van der Waals surface area contributed by atoms with E-state index in [4.69, 9.17) is 10.2 Å². The zero-order valence-corrected chi connectivity index (χ0v) is 14.9. The number of aliphatic hydroxyl groups excluding tert-OH is 3. The Kier molecular flexibility index (Phi) is 16.0. The molecule has 5 heteroatoms. The van der Waals surface area contributed by atoms with Gasteiger partial charge in [0.2, 0.25) is 0 Å². The van der Waals surface area contributed by atoms with Crippen LogP contribution in [-0.2, 0) is 4.79 Å². The first-order valence-electron chi connectivity index (χ1n) is 9.30. The summed E-state index contributed by atoms with van der Waals surface area (Å²) in [6.45, 7) is 2.41. The van der Waals surface area contributed by atoms with Crippen LogP contribution in [0.4, 0.5) is 0 Å². The van der Waals surface area contributed by atoms with E-state index in [1.807, 2.05) is 0 Å². The van der Waals surface area contributed by atoms with Gasteiger partial charge in [0.15, 0.2) is 5.78 Å². The molecule has 5 nitrogen and oxygen atoms in total. The average molecular weight is 331 g/mol. The summed E-state index contributed by atoms with van der Waals surface area (Å²) in [5.74, 6) is 0.0114. The Hall–Kier alpha value is -0.490. The summed E-state index contributed by atoms with van der Waals surface area (Å²) >= 11 is 0. The first-order valence-corrected chi connectivity index (χ1v) is 9.30. The van der Waals surface area contributed by atoms with Gasteiger partial charge >= 0.3 is 0 Å². The van der Waals surface area contributed by atoms with Gasteiger partial charge in [0, 0.05) is 19.5 Å². The third kappa shape index (κ3) is 11.7. The van der Waals surface area contributed by atoms with E-state index in [9.17, 15) is 9.90 Å². The Morgan fingerprint density at radius 1 is 0.826 bits per heavy atom. The Bertz CT molecular complexity index is 268. The van der Waals surface area contributed by atoms with Gasteiger partial charge in [-0.3, -0.25) is 9.69 Å². The Labute approximate surface area is 141 Å². The third-order valence-corrected chi connectivity index (χ3v) is 4.29. The lowest BCUT2D eigenvalue weighted by atomic mass is 10.0. The molecule has 0 heterocycles. The molecule has 0 saturated carbocycles. The molecule has 0 rings (SSSR count). The lowest BCUT2D eigenvalue weighted by molar-refractivity contribution is -0.126. The summed E-state index contributed by atoms with van der Waals surface area (Å²) < 4.78 is 0. The summed E-state index contributed by atoms with van der Waals surface area (Å²) in [7, 11) is 0. The van der Waals surface area contributed by atoms with Crippen molar-refractivity contribution < 1.29 is 20.1 Å². The van der Waals surface area contributed by atoms with Crippen molar-refractivity contribution in [1.82, 2.24) is 4.90 Å². The minimum atomic E-state index is -0.594. The van der Waals surface area contributed by atoms with Gasteiger partial charge in [-0.1, -0.05) is 58.3 Å². The smallest absolute Gasteiger partial charge is 0.152 e. The molecular weight excluding hydrogens is 294 g/mol. The molecule has 0 spiro atoms. The second-order valence-corrected chi connectivity index (χ2v) is 6.23. The number of nitrogens with zero attached hydrogens (tertiary/aromatic N) is 1. The molecule has 0 aliphatic carbocycles. The standard InChI is InChI=1S/C18H37NO4/c1-2-3-4-5-6-7-8-9-10-11-18(23)17(16-22)19(12-14-20)13-15-21/h17,20-22H,2-16H2,1H3. The van der Waals surface area contributed by atoms with Crippen LogP contribution >= 0.6 is 0 Å². The summed E-state index contributed by atoms with van der Waals surface area (Å²) in [6.07, 6.45) is 11.3. The molecule has 0 aliphatic heterocycles. The number of ketones is 1. The van der Waals surface area contributed by atoms with Gasteiger partial charge in [-0.15, -0.1) is 0 Å². The molecule has 0 bridgehead atoms. The maximum absolute atomic E-state index is 12.2. The Balaban J connectivity index is 3.83. The highest BCUT2D eigenvalue weighted by Gasteiger charge is 2.23. The van der Waals surface area contributed by atoms with Crippen molar-refractivity contribution in [2.45, 2.75) is 77.2 Å². The van der Waals surface area contributed by atoms with Crippen molar-refractivity contribution in [1.29, 1.82) is 0 Å². The van der Waals surface area contributed by atoms with Crippen LogP contribution in [0.15, 0.2) is 0 Å². The van der Waals surface area contributed by atoms with E-state index in [0.717, 1.165) is 12.8 Å². The zero-order valence-electron chi connectivity index (χ0n) is 14.9. The number of hydrogen-bond donors (Lipinski definition) is 3. The highest BCUT2D eigenvalue weighted by Crippen LogP contribution is 2.12. The van der Waals surface area contributed by atoms with Crippen molar-refractivity contribution in [2.75, 3.05) is 32.9 Å². The van der Waals surface area contributed by atoms with Gasteiger partial charge in [0.25, 0.3) is 0 Å². The molecule has 0 saturated heterocycles. The molecule has 0 amide bonds. The second kappa shape index (κ2) is 16.4. The van der Waals surface area contributed by atoms with E-state index in [1.54, 1.807) is 4.90 Å². The van der Waals surface area contributed by atoms with E-state index in [2.05, 4.69) is 6.92 Å².